The molecule has 7 nitrogen and oxygen atoms in total. The summed E-state index contributed by atoms with van der Waals surface area (Å²) in [6, 6.07) is 13.1. The van der Waals surface area contributed by atoms with E-state index in [4.69, 9.17) is 5.73 Å². The van der Waals surface area contributed by atoms with Gasteiger partial charge in [-0.05, 0) is 80.7 Å². The van der Waals surface area contributed by atoms with Crippen molar-refractivity contribution < 1.29 is 18.8 Å². The molecule has 8 heteroatoms. The van der Waals surface area contributed by atoms with Gasteiger partial charge in [0.15, 0.2) is 0 Å². The Labute approximate surface area is 193 Å². The maximum absolute atomic E-state index is 12.9. The van der Waals surface area contributed by atoms with Crippen LogP contribution in [0.15, 0.2) is 48.5 Å². The van der Waals surface area contributed by atoms with E-state index in [1.165, 1.54) is 29.8 Å². The number of primary amides is 1. The van der Waals surface area contributed by atoms with Crippen LogP contribution in [-0.4, -0.2) is 48.8 Å². The topological polar surface area (TPSA) is 105 Å². The van der Waals surface area contributed by atoms with E-state index in [0.717, 1.165) is 44.6 Å². The van der Waals surface area contributed by atoms with Gasteiger partial charge in [0.25, 0.3) is 5.91 Å². The van der Waals surface area contributed by atoms with E-state index in [1.807, 2.05) is 24.3 Å². The third kappa shape index (κ3) is 7.98. The van der Waals surface area contributed by atoms with Crippen molar-refractivity contribution in [3.05, 3.63) is 65.5 Å². The first-order chi connectivity index (χ1) is 15.9. The van der Waals surface area contributed by atoms with E-state index in [-0.39, 0.29) is 30.1 Å². The monoisotopic (exact) mass is 454 g/mol. The van der Waals surface area contributed by atoms with Crippen LogP contribution >= 0.6 is 0 Å². The molecule has 1 aliphatic rings. The molecular weight excluding hydrogens is 423 g/mol. The number of carbonyl (C=O) groups excluding carboxylic acids is 3. The number of anilines is 1. The smallest absolute Gasteiger partial charge is 0.251 e. The van der Waals surface area contributed by atoms with Crippen LogP contribution in [0.5, 0.6) is 0 Å². The van der Waals surface area contributed by atoms with Gasteiger partial charge < -0.3 is 21.3 Å². The molecule has 0 aromatic heterocycles. The van der Waals surface area contributed by atoms with E-state index in [1.54, 1.807) is 0 Å². The quantitative estimate of drug-likeness (QED) is 0.480. The van der Waals surface area contributed by atoms with Gasteiger partial charge >= 0.3 is 0 Å². The molecule has 0 spiro atoms. The molecule has 0 bridgehead atoms. The Morgan fingerprint density at radius 2 is 1.67 bits per heavy atom. The lowest BCUT2D eigenvalue weighted by Crippen LogP contribution is -2.39. The standard InChI is InChI=1S/C25H31FN4O3/c26-21-7-5-20(6-8-21)25(33)28-14-1-2-23(31)29-22-9-3-18(4-10-22)11-15-30-16-12-19(13-17-30)24(27)32/h3-10,19H,1-2,11-17H2,(H2,27,32)(H,28,33)(H,29,31). The number of hydrogen-bond acceptors (Lipinski definition) is 4. The molecule has 0 radical (unpaired) electrons. The summed E-state index contributed by atoms with van der Waals surface area (Å²) in [6.45, 7) is 3.08. The molecule has 2 aromatic rings. The van der Waals surface area contributed by atoms with Crippen molar-refractivity contribution in [1.82, 2.24) is 10.2 Å². The van der Waals surface area contributed by atoms with Crippen LogP contribution in [0, 0.1) is 11.7 Å². The van der Waals surface area contributed by atoms with Crippen molar-refractivity contribution >= 4 is 23.4 Å². The molecular formula is C25H31FN4O3. The van der Waals surface area contributed by atoms with Gasteiger partial charge in [0.2, 0.25) is 11.8 Å². The number of amides is 3. The Kier molecular flexibility index (Phi) is 8.95. The molecule has 2 aromatic carbocycles. The molecule has 3 amide bonds. The van der Waals surface area contributed by atoms with Crippen LogP contribution in [-0.2, 0) is 16.0 Å². The van der Waals surface area contributed by atoms with E-state index < -0.39 is 5.82 Å². The first kappa shape index (κ1) is 24.4. The number of nitrogens with two attached hydrogens (primary N) is 1. The van der Waals surface area contributed by atoms with Crippen molar-refractivity contribution in [2.75, 3.05) is 31.5 Å². The molecule has 4 N–H and O–H groups in total. The van der Waals surface area contributed by atoms with Gasteiger partial charge in [-0.1, -0.05) is 12.1 Å². The van der Waals surface area contributed by atoms with Crippen molar-refractivity contribution in [3.8, 4) is 0 Å². The summed E-state index contributed by atoms with van der Waals surface area (Å²) in [4.78, 5) is 37.7. The normalized spacial score (nSPS) is 14.6. The average molecular weight is 455 g/mol. The summed E-state index contributed by atoms with van der Waals surface area (Å²) in [7, 11) is 0. The number of halogens is 1. The van der Waals surface area contributed by atoms with Gasteiger partial charge in [-0.15, -0.1) is 0 Å². The van der Waals surface area contributed by atoms with Crippen molar-refractivity contribution in [2.24, 2.45) is 11.7 Å². The highest BCUT2D eigenvalue weighted by Gasteiger charge is 2.22. The summed E-state index contributed by atoms with van der Waals surface area (Å²) in [5, 5.41) is 5.59. The second-order valence-corrected chi connectivity index (χ2v) is 8.38. The molecule has 176 valence electrons. The number of carbonyl (C=O) groups is 3. The molecule has 0 saturated carbocycles. The van der Waals surface area contributed by atoms with Crippen molar-refractivity contribution in [3.63, 3.8) is 0 Å². The second-order valence-electron chi connectivity index (χ2n) is 8.38. The van der Waals surface area contributed by atoms with E-state index in [2.05, 4.69) is 15.5 Å². The third-order valence-electron chi connectivity index (χ3n) is 5.92. The fourth-order valence-electron chi connectivity index (χ4n) is 3.86. The Bertz CT molecular complexity index is 939. The number of benzene rings is 2. The van der Waals surface area contributed by atoms with Crippen LogP contribution < -0.4 is 16.4 Å². The summed E-state index contributed by atoms with van der Waals surface area (Å²) in [5.41, 5.74) is 7.69. The number of piperidine rings is 1. The van der Waals surface area contributed by atoms with E-state index in [0.29, 0.717) is 18.5 Å². The second kappa shape index (κ2) is 12.1. The van der Waals surface area contributed by atoms with Crippen LogP contribution in [0.1, 0.15) is 41.6 Å². The molecule has 1 aliphatic heterocycles. The molecule has 33 heavy (non-hydrogen) atoms. The fraction of sp³-hybridized carbons (Fsp3) is 0.400. The maximum Gasteiger partial charge on any atom is 0.251 e. The number of hydrogen-bond donors (Lipinski definition) is 3. The van der Waals surface area contributed by atoms with Crippen LogP contribution in [0.2, 0.25) is 0 Å². The van der Waals surface area contributed by atoms with Gasteiger partial charge in [0.1, 0.15) is 5.82 Å². The number of likely N-dealkylation sites (tertiary alicyclic amines) is 1. The summed E-state index contributed by atoms with van der Waals surface area (Å²) in [6.07, 6.45) is 3.35. The Balaban J connectivity index is 1.31. The zero-order chi connectivity index (χ0) is 23.6. The van der Waals surface area contributed by atoms with Gasteiger partial charge in [0, 0.05) is 36.7 Å². The Morgan fingerprint density at radius 1 is 1.00 bits per heavy atom. The highest BCUT2D eigenvalue weighted by atomic mass is 19.1. The predicted molar refractivity (Wildman–Crippen MR) is 125 cm³/mol. The summed E-state index contributed by atoms with van der Waals surface area (Å²) >= 11 is 0. The van der Waals surface area contributed by atoms with Crippen molar-refractivity contribution in [1.29, 1.82) is 0 Å². The van der Waals surface area contributed by atoms with Crippen LogP contribution in [0.25, 0.3) is 0 Å². The van der Waals surface area contributed by atoms with Gasteiger partial charge in [-0.2, -0.15) is 0 Å². The summed E-state index contributed by atoms with van der Waals surface area (Å²) < 4.78 is 12.9. The molecule has 0 atom stereocenters. The molecule has 1 fully saturated rings. The third-order valence-corrected chi connectivity index (χ3v) is 5.92. The van der Waals surface area contributed by atoms with E-state index in [9.17, 15) is 18.8 Å². The minimum absolute atomic E-state index is 0.00946. The minimum atomic E-state index is -0.391. The lowest BCUT2D eigenvalue weighted by Gasteiger charge is -2.30. The predicted octanol–water partition coefficient (Wildman–Crippen LogP) is 2.71. The van der Waals surface area contributed by atoms with Crippen molar-refractivity contribution in [2.45, 2.75) is 32.1 Å². The van der Waals surface area contributed by atoms with E-state index >= 15 is 0 Å². The number of nitrogens with one attached hydrogen (secondary N) is 2. The highest BCUT2D eigenvalue weighted by molar-refractivity contribution is 5.94. The molecule has 1 saturated heterocycles. The maximum atomic E-state index is 12.9. The Morgan fingerprint density at radius 3 is 2.30 bits per heavy atom. The summed E-state index contributed by atoms with van der Waals surface area (Å²) in [5.74, 6) is -0.977. The average Bonchev–Trinajstić information content (AvgIpc) is 2.82. The Hall–Kier alpha value is -3.26. The highest BCUT2D eigenvalue weighted by Crippen LogP contribution is 2.17. The molecule has 3 rings (SSSR count). The molecule has 1 heterocycles. The largest absolute Gasteiger partial charge is 0.369 e. The van der Waals surface area contributed by atoms with Gasteiger partial charge in [0.05, 0.1) is 0 Å². The first-order valence-electron chi connectivity index (χ1n) is 11.3. The van der Waals surface area contributed by atoms with Gasteiger partial charge in [-0.3, -0.25) is 14.4 Å². The SMILES string of the molecule is NC(=O)C1CCN(CCc2ccc(NC(=O)CCCNC(=O)c3ccc(F)cc3)cc2)CC1. The number of nitrogens with zero attached hydrogens (tertiary/aromatic N) is 1. The first-order valence-corrected chi connectivity index (χ1v) is 11.3. The zero-order valence-corrected chi connectivity index (χ0v) is 18.7. The fourth-order valence-corrected chi connectivity index (χ4v) is 3.86. The zero-order valence-electron chi connectivity index (χ0n) is 18.7. The minimum Gasteiger partial charge on any atom is -0.369 e. The lowest BCUT2D eigenvalue weighted by molar-refractivity contribution is -0.123. The van der Waals surface area contributed by atoms with Crippen LogP contribution in [0.3, 0.4) is 0 Å². The van der Waals surface area contributed by atoms with Gasteiger partial charge in [-0.25, -0.2) is 4.39 Å². The number of rotatable bonds is 10. The molecule has 0 unspecified atom stereocenters. The lowest BCUT2D eigenvalue weighted by atomic mass is 9.96. The molecule has 0 aliphatic carbocycles. The van der Waals surface area contributed by atoms with Crippen LogP contribution in [0.4, 0.5) is 10.1 Å².